The zero-order chi connectivity index (χ0) is 17.0. The van der Waals surface area contributed by atoms with Crippen molar-refractivity contribution in [2.45, 2.75) is 32.9 Å². The minimum atomic E-state index is -0.626. The molecule has 1 aromatic heterocycles. The molecule has 0 aliphatic carbocycles. The van der Waals surface area contributed by atoms with Gasteiger partial charge in [-0.1, -0.05) is 11.6 Å². The van der Waals surface area contributed by atoms with Crippen molar-refractivity contribution < 1.29 is 14.0 Å². The molecule has 1 aromatic carbocycles. The van der Waals surface area contributed by atoms with Crippen molar-refractivity contribution >= 4 is 34.5 Å². The van der Waals surface area contributed by atoms with Crippen LogP contribution in [0.4, 0.5) is 0 Å². The number of benzene rings is 1. The molecule has 124 valence electrons. The second-order valence-corrected chi connectivity index (χ2v) is 5.50. The molecular weight excluding hydrogens is 322 g/mol. The maximum absolute atomic E-state index is 11.9. The molecule has 2 rings (SSSR count). The summed E-state index contributed by atoms with van der Waals surface area (Å²) < 4.78 is 6.45. The lowest BCUT2D eigenvalue weighted by Gasteiger charge is -2.13. The van der Waals surface area contributed by atoms with Crippen LogP contribution in [0.5, 0.6) is 0 Å². The second-order valence-electron chi connectivity index (χ2n) is 5.07. The van der Waals surface area contributed by atoms with Crippen molar-refractivity contribution in [1.82, 2.24) is 15.2 Å². The Bertz CT molecular complexity index is 781. The van der Waals surface area contributed by atoms with Crippen LogP contribution < -0.4 is 16.4 Å². The van der Waals surface area contributed by atoms with Gasteiger partial charge in [-0.25, -0.2) is 4.79 Å². The number of hydrogen-bond donors (Lipinski definition) is 2. The van der Waals surface area contributed by atoms with Gasteiger partial charge < -0.3 is 15.1 Å². The van der Waals surface area contributed by atoms with E-state index in [4.69, 9.17) is 16.0 Å². The van der Waals surface area contributed by atoms with Crippen LogP contribution in [0.2, 0.25) is 5.02 Å². The van der Waals surface area contributed by atoms with E-state index in [0.717, 1.165) is 0 Å². The molecular formula is C15H18ClN3O4. The van der Waals surface area contributed by atoms with Crippen molar-refractivity contribution in [2.75, 3.05) is 6.54 Å². The zero-order valence-corrected chi connectivity index (χ0v) is 13.6. The molecule has 2 aromatic rings. The number of aryl methyl sites for hydroxylation is 1. The molecule has 1 atom stereocenters. The fraction of sp³-hybridized carbons (Fsp3) is 0.400. The molecule has 0 spiro atoms. The third kappa shape index (κ3) is 4.13. The second kappa shape index (κ2) is 7.32. The van der Waals surface area contributed by atoms with Gasteiger partial charge in [0.25, 0.3) is 0 Å². The minimum absolute atomic E-state index is 0.0565. The number of halogens is 1. The first-order chi connectivity index (χ1) is 10.9. The highest BCUT2D eigenvalue weighted by Gasteiger charge is 2.16. The standard InChI is InChI=1S/C15H18ClN3O4/c1-3-17-14(21)9(2)18-13(20)6-7-19-11-5-4-10(16)8-12(11)23-15(19)22/h4-5,8-9H,3,6-7H2,1-2H3,(H,17,21)(H,18,20)/t9-/m0/s1. The van der Waals surface area contributed by atoms with Gasteiger partial charge >= 0.3 is 5.76 Å². The van der Waals surface area contributed by atoms with Gasteiger partial charge in [0, 0.05) is 30.6 Å². The number of nitrogens with zero attached hydrogens (tertiary/aromatic N) is 1. The third-order valence-corrected chi connectivity index (χ3v) is 3.55. The summed E-state index contributed by atoms with van der Waals surface area (Å²) in [4.78, 5) is 35.3. The maximum Gasteiger partial charge on any atom is 0.419 e. The number of carbonyl (C=O) groups is 2. The summed E-state index contributed by atoms with van der Waals surface area (Å²) in [6, 6.07) is 4.23. The van der Waals surface area contributed by atoms with Crippen LogP contribution in [0.1, 0.15) is 20.3 Å². The Kier molecular flexibility index (Phi) is 5.44. The van der Waals surface area contributed by atoms with Crippen molar-refractivity contribution in [1.29, 1.82) is 0 Å². The highest BCUT2D eigenvalue weighted by atomic mass is 35.5. The molecule has 23 heavy (non-hydrogen) atoms. The lowest BCUT2D eigenvalue weighted by atomic mass is 10.2. The summed E-state index contributed by atoms with van der Waals surface area (Å²) >= 11 is 5.85. The van der Waals surface area contributed by atoms with Gasteiger partial charge in [0.2, 0.25) is 11.8 Å². The average Bonchev–Trinajstić information content (AvgIpc) is 2.79. The summed E-state index contributed by atoms with van der Waals surface area (Å²) in [5, 5.41) is 5.67. The quantitative estimate of drug-likeness (QED) is 0.829. The Labute approximate surface area is 137 Å². The predicted molar refractivity (Wildman–Crippen MR) is 86.4 cm³/mol. The SMILES string of the molecule is CCNC(=O)[C@H](C)NC(=O)CCn1c(=O)oc2cc(Cl)ccc21. The van der Waals surface area contributed by atoms with Gasteiger partial charge in [0.1, 0.15) is 6.04 Å². The molecule has 7 nitrogen and oxygen atoms in total. The van der Waals surface area contributed by atoms with Crippen LogP contribution in [0.3, 0.4) is 0 Å². The molecule has 0 fully saturated rings. The van der Waals surface area contributed by atoms with Crippen LogP contribution >= 0.6 is 11.6 Å². The molecule has 8 heteroatoms. The van der Waals surface area contributed by atoms with Crippen LogP contribution in [0.25, 0.3) is 11.1 Å². The van der Waals surface area contributed by atoms with Gasteiger partial charge in [0.05, 0.1) is 5.52 Å². The number of oxazole rings is 1. The molecule has 2 N–H and O–H groups in total. The van der Waals surface area contributed by atoms with E-state index in [1.54, 1.807) is 32.0 Å². The lowest BCUT2D eigenvalue weighted by molar-refractivity contribution is -0.128. The van der Waals surface area contributed by atoms with E-state index in [1.165, 1.54) is 4.57 Å². The zero-order valence-electron chi connectivity index (χ0n) is 12.9. The van der Waals surface area contributed by atoms with Gasteiger partial charge in [-0.05, 0) is 26.0 Å². The van der Waals surface area contributed by atoms with Crippen LogP contribution in [0.15, 0.2) is 27.4 Å². The van der Waals surface area contributed by atoms with E-state index >= 15 is 0 Å². The van der Waals surface area contributed by atoms with Crippen molar-refractivity contribution in [2.24, 2.45) is 0 Å². The van der Waals surface area contributed by atoms with Gasteiger partial charge in [-0.15, -0.1) is 0 Å². The number of nitrogens with one attached hydrogen (secondary N) is 2. The Balaban J connectivity index is 2.01. The smallest absolute Gasteiger partial charge is 0.408 e. The van der Waals surface area contributed by atoms with E-state index < -0.39 is 11.8 Å². The van der Waals surface area contributed by atoms with E-state index in [1.807, 2.05) is 0 Å². The molecule has 0 aliphatic heterocycles. The number of amides is 2. The molecule has 0 aliphatic rings. The topological polar surface area (TPSA) is 93.3 Å². The van der Waals surface area contributed by atoms with Crippen LogP contribution in [-0.4, -0.2) is 29.0 Å². The molecule has 2 amide bonds. The molecule has 0 radical (unpaired) electrons. The largest absolute Gasteiger partial charge is 0.419 e. The third-order valence-electron chi connectivity index (χ3n) is 3.31. The Morgan fingerprint density at radius 1 is 1.39 bits per heavy atom. The van der Waals surface area contributed by atoms with Crippen molar-refractivity contribution in [3.63, 3.8) is 0 Å². The maximum atomic E-state index is 11.9. The summed E-state index contributed by atoms with van der Waals surface area (Å²) in [6.45, 7) is 4.05. The van der Waals surface area contributed by atoms with Crippen molar-refractivity contribution in [3.05, 3.63) is 33.8 Å². The van der Waals surface area contributed by atoms with Gasteiger partial charge in [-0.2, -0.15) is 0 Å². The molecule has 1 heterocycles. The lowest BCUT2D eigenvalue weighted by Crippen LogP contribution is -2.45. The fourth-order valence-corrected chi connectivity index (χ4v) is 2.33. The van der Waals surface area contributed by atoms with Crippen LogP contribution in [0, 0.1) is 0 Å². The van der Waals surface area contributed by atoms with E-state index in [-0.39, 0.29) is 24.8 Å². The molecule has 0 saturated heterocycles. The van der Waals surface area contributed by atoms with E-state index in [2.05, 4.69) is 10.6 Å². The normalized spacial score (nSPS) is 12.1. The summed E-state index contributed by atoms with van der Waals surface area (Å²) in [5.74, 6) is -1.12. The number of aromatic nitrogens is 1. The number of carbonyl (C=O) groups excluding carboxylic acids is 2. The molecule has 0 bridgehead atoms. The minimum Gasteiger partial charge on any atom is -0.408 e. The van der Waals surface area contributed by atoms with Crippen molar-refractivity contribution in [3.8, 4) is 0 Å². The number of fused-ring (bicyclic) bond motifs is 1. The Hall–Kier alpha value is -2.28. The first-order valence-electron chi connectivity index (χ1n) is 7.28. The molecule has 0 unspecified atom stereocenters. The summed E-state index contributed by atoms with van der Waals surface area (Å²) in [6.07, 6.45) is 0.0565. The Morgan fingerprint density at radius 2 is 2.13 bits per heavy atom. The number of hydrogen-bond acceptors (Lipinski definition) is 4. The highest BCUT2D eigenvalue weighted by Crippen LogP contribution is 2.18. The first kappa shape index (κ1) is 17.1. The van der Waals surface area contributed by atoms with E-state index in [0.29, 0.717) is 22.7 Å². The summed E-state index contributed by atoms with van der Waals surface area (Å²) in [5.41, 5.74) is 0.947. The van der Waals surface area contributed by atoms with E-state index in [9.17, 15) is 14.4 Å². The molecule has 0 saturated carbocycles. The Morgan fingerprint density at radius 3 is 2.83 bits per heavy atom. The highest BCUT2D eigenvalue weighted by molar-refractivity contribution is 6.31. The average molecular weight is 340 g/mol. The van der Waals surface area contributed by atoms with Gasteiger partial charge in [0.15, 0.2) is 5.58 Å². The monoisotopic (exact) mass is 339 g/mol. The van der Waals surface area contributed by atoms with Gasteiger partial charge in [-0.3, -0.25) is 14.2 Å². The predicted octanol–water partition coefficient (Wildman–Crippen LogP) is 1.28. The number of rotatable bonds is 6. The fourth-order valence-electron chi connectivity index (χ4n) is 2.17. The van der Waals surface area contributed by atoms with Crippen LogP contribution in [-0.2, 0) is 16.1 Å². The first-order valence-corrected chi connectivity index (χ1v) is 7.66. The summed E-state index contributed by atoms with van der Waals surface area (Å²) in [7, 11) is 0. The number of likely N-dealkylation sites (N-methyl/N-ethyl adjacent to an activating group) is 1.